The van der Waals surface area contributed by atoms with E-state index >= 15 is 0 Å². The lowest BCUT2D eigenvalue weighted by atomic mass is 9.89. The highest BCUT2D eigenvalue weighted by Crippen LogP contribution is 2.34. The maximum Gasteiger partial charge on any atom is 0.137 e. The number of hydrogen-bond acceptors (Lipinski definition) is 4. The Morgan fingerprint density at radius 1 is 0.923 bits per heavy atom. The second kappa shape index (κ2) is 9.27. The normalized spacial score (nSPS) is 19.7. The maximum atomic E-state index is 12.1. The molecule has 0 spiro atoms. The number of ketones is 2. The van der Waals surface area contributed by atoms with Gasteiger partial charge in [-0.05, 0) is 37.0 Å². The van der Waals surface area contributed by atoms with Gasteiger partial charge >= 0.3 is 0 Å². The summed E-state index contributed by atoms with van der Waals surface area (Å²) in [5, 5.41) is 3.55. The minimum Gasteiger partial charge on any atom is -0.388 e. The fraction of sp³-hybridized carbons (Fsp3) is 0.409. The van der Waals surface area contributed by atoms with Crippen LogP contribution in [0.4, 0.5) is 5.69 Å². The second-order valence-corrected chi connectivity index (χ2v) is 6.88. The highest BCUT2D eigenvalue weighted by Gasteiger charge is 2.21. The summed E-state index contributed by atoms with van der Waals surface area (Å²) in [6.45, 7) is 0.881. The van der Waals surface area contributed by atoms with Crippen LogP contribution in [0.15, 0.2) is 47.1 Å². The van der Waals surface area contributed by atoms with Crippen molar-refractivity contribution in [2.75, 3.05) is 6.54 Å². The van der Waals surface area contributed by atoms with Crippen molar-refractivity contribution < 1.29 is 9.59 Å². The van der Waals surface area contributed by atoms with Crippen molar-refractivity contribution in [3.63, 3.8) is 0 Å². The first-order valence-electron chi connectivity index (χ1n) is 9.52. The minimum absolute atomic E-state index is 0.283. The number of carbonyl (C=O) groups excluding carboxylic acids is 2. The second-order valence-electron chi connectivity index (χ2n) is 6.88. The standard InChI is InChI=1S/C22H26N2O2/c25-17-8-2-1-6-14-24-22-13-12-18(26)16-20(22)19-10-3-4-11-21(19)23-15-7-5-9-17/h3-5,7,10-11,15,24H,1-2,6,8-9,12-14,16H2. The van der Waals surface area contributed by atoms with Gasteiger partial charge in [-0.1, -0.05) is 30.7 Å². The van der Waals surface area contributed by atoms with E-state index in [0.29, 0.717) is 25.7 Å². The van der Waals surface area contributed by atoms with Gasteiger partial charge in [-0.3, -0.25) is 14.6 Å². The number of nitrogens with zero attached hydrogens (tertiary/aromatic N) is 1. The smallest absolute Gasteiger partial charge is 0.137 e. The van der Waals surface area contributed by atoms with Crippen LogP contribution in [0.2, 0.25) is 0 Å². The van der Waals surface area contributed by atoms with Crippen molar-refractivity contribution in [2.45, 2.75) is 51.4 Å². The number of Topliss-reactive ketones (excluding diaryl/α,β-unsaturated/α-hetero) is 2. The first-order chi connectivity index (χ1) is 12.7. The molecule has 0 amide bonds. The molecule has 0 aromatic heterocycles. The molecule has 1 heterocycles. The molecule has 1 aromatic carbocycles. The molecule has 4 nitrogen and oxygen atoms in total. The predicted molar refractivity (Wildman–Crippen MR) is 106 cm³/mol. The number of hydrogen-bond donors (Lipinski definition) is 1. The maximum absolute atomic E-state index is 12.1. The lowest BCUT2D eigenvalue weighted by Crippen LogP contribution is -2.21. The van der Waals surface area contributed by atoms with Crippen LogP contribution in [0, 0.1) is 0 Å². The van der Waals surface area contributed by atoms with Crippen molar-refractivity contribution >= 4 is 29.0 Å². The Morgan fingerprint density at radius 3 is 2.73 bits per heavy atom. The molecule has 0 atom stereocenters. The van der Waals surface area contributed by atoms with Gasteiger partial charge in [0, 0.05) is 49.7 Å². The number of nitrogens with one attached hydrogen (secondary N) is 1. The van der Waals surface area contributed by atoms with E-state index in [0.717, 1.165) is 49.1 Å². The zero-order chi connectivity index (χ0) is 18.2. The Morgan fingerprint density at radius 2 is 1.81 bits per heavy atom. The molecule has 0 saturated carbocycles. The topological polar surface area (TPSA) is 58.5 Å². The largest absolute Gasteiger partial charge is 0.388 e. The monoisotopic (exact) mass is 350 g/mol. The van der Waals surface area contributed by atoms with Crippen LogP contribution in [0.25, 0.3) is 5.57 Å². The van der Waals surface area contributed by atoms with Crippen molar-refractivity contribution in [3.8, 4) is 0 Å². The highest BCUT2D eigenvalue weighted by molar-refractivity contribution is 5.95. The molecule has 2 aliphatic rings. The third kappa shape index (κ3) is 5.01. The molecule has 0 unspecified atom stereocenters. The fourth-order valence-electron chi connectivity index (χ4n) is 3.45. The SMILES string of the molecule is O=C1CC=CC=Nc2ccccc2C2=C(CCC(=O)C2)NCCCCC1. The molecule has 1 aromatic rings. The van der Waals surface area contributed by atoms with Crippen LogP contribution >= 0.6 is 0 Å². The van der Waals surface area contributed by atoms with Gasteiger partial charge < -0.3 is 5.32 Å². The summed E-state index contributed by atoms with van der Waals surface area (Å²) in [6, 6.07) is 7.96. The van der Waals surface area contributed by atoms with Gasteiger partial charge in [-0.2, -0.15) is 0 Å². The Kier molecular flexibility index (Phi) is 6.53. The number of rotatable bonds is 0. The van der Waals surface area contributed by atoms with Gasteiger partial charge in [0.2, 0.25) is 0 Å². The minimum atomic E-state index is 0.283. The van der Waals surface area contributed by atoms with E-state index in [2.05, 4.69) is 10.3 Å². The number of fused-ring (bicyclic) bond motifs is 2. The average Bonchev–Trinajstić information content (AvgIpc) is 2.65. The lowest BCUT2D eigenvalue weighted by Gasteiger charge is -2.22. The Balaban J connectivity index is 1.93. The molecule has 1 aliphatic heterocycles. The van der Waals surface area contributed by atoms with Crippen molar-refractivity contribution in [2.24, 2.45) is 4.99 Å². The van der Waals surface area contributed by atoms with Gasteiger partial charge in [0.05, 0.1) is 5.69 Å². The molecule has 4 heteroatoms. The number of benzene rings is 1. The van der Waals surface area contributed by atoms with Gasteiger partial charge in [-0.15, -0.1) is 0 Å². The summed E-state index contributed by atoms with van der Waals surface area (Å²) < 4.78 is 0. The molecule has 136 valence electrons. The zero-order valence-corrected chi connectivity index (χ0v) is 15.2. The van der Waals surface area contributed by atoms with Crippen molar-refractivity contribution in [3.05, 3.63) is 47.7 Å². The predicted octanol–water partition coefficient (Wildman–Crippen LogP) is 4.53. The van der Waals surface area contributed by atoms with Crippen molar-refractivity contribution in [1.82, 2.24) is 5.32 Å². The third-order valence-electron chi connectivity index (χ3n) is 4.87. The number of aliphatic imine (C=N–C) groups is 1. The summed E-state index contributed by atoms with van der Waals surface area (Å²) in [6.07, 6.45) is 11.4. The molecular weight excluding hydrogens is 324 g/mol. The van der Waals surface area contributed by atoms with Crippen LogP contribution in [0.1, 0.15) is 56.9 Å². The van der Waals surface area contributed by atoms with Crippen LogP contribution < -0.4 is 5.32 Å². The molecule has 26 heavy (non-hydrogen) atoms. The van der Waals surface area contributed by atoms with Crippen LogP contribution in [0.5, 0.6) is 0 Å². The van der Waals surface area contributed by atoms with Crippen molar-refractivity contribution in [1.29, 1.82) is 0 Å². The summed E-state index contributed by atoms with van der Waals surface area (Å²) >= 11 is 0. The van der Waals surface area contributed by atoms with E-state index in [9.17, 15) is 9.59 Å². The van der Waals surface area contributed by atoms with E-state index in [1.807, 2.05) is 36.4 Å². The number of carbonyl (C=O) groups is 2. The summed E-state index contributed by atoms with van der Waals surface area (Å²) in [7, 11) is 0. The number of para-hydroxylation sites is 1. The molecule has 1 aliphatic carbocycles. The zero-order valence-electron chi connectivity index (χ0n) is 15.2. The molecule has 0 bridgehead atoms. The highest BCUT2D eigenvalue weighted by atomic mass is 16.1. The first kappa shape index (κ1) is 18.3. The summed E-state index contributed by atoms with van der Waals surface area (Å²) in [5.74, 6) is 0.572. The summed E-state index contributed by atoms with van der Waals surface area (Å²) in [5.41, 5.74) is 4.14. The van der Waals surface area contributed by atoms with E-state index in [1.54, 1.807) is 6.21 Å². The van der Waals surface area contributed by atoms with E-state index in [4.69, 9.17) is 0 Å². The Labute approximate surface area is 155 Å². The molecule has 0 saturated heterocycles. The number of allylic oxidation sites excluding steroid dienone is 4. The van der Waals surface area contributed by atoms with E-state index in [1.165, 1.54) is 5.70 Å². The summed E-state index contributed by atoms with van der Waals surface area (Å²) in [4.78, 5) is 28.5. The first-order valence-corrected chi connectivity index (χ1v) is 9.52. The van der Waals surface area contributed by atoms with Crippen LogP contribution in [0.3, 0.4) is 0 Å². The van der Waals surface area contributed by atoms with Gasteiger partial charge in [-0.25, -0.2) is 0 Å². The quantitative estimate of drug-likeness (QED) is 0.748. The molecule has 1 N–H and O–H groups in total. The fourth-order valence-corrected chi connectivity index (χ4v) is 3.45. The van der Waals surface area contributed by atoms with E-state index < -0.39 is 0 Å². The van der Waals surface area contributed by atoms with Gasteiger partial charge in [0.15, 0.2) is 0 Å². The molecule has 3 rings (SSSR count). The molecule has 0 fully saturated rings. The Hall–Kier alpha value is -2.49. The van der Waals surface area contributed by atoms with Crippen LogP contribution in [-0.4, -0.2) is 24.3 Å². The average molecular weight is 350 g/mol. The third-order valence-corrected chi connectivity index (χ3v) is 4.87. The lowest BCUT2D eigenvalue weighted by molar-refractivity contribution is -0.119. The molecular formula is C22H26N2O2. The molecule has 0 radical (unpaired) electrons. The van der Waals surface area contributed by atoms with Gasteiger partial charge in [0.25, 0.3) is 0 Å². The van der Waals surface area contributed by atoms with Crippen LogP contribution in [-0.2, 0) is 9.59 Å². The van der Waals surface area contributed by atoms with E-state index in [-0.39, 0.29) is 11.6 Å². The van der Waals surface area contributed by atoms with Gasteiger partial charge in [0.1, 0.15) is 11.6 Å². The Bertz CT molecular complexity index is 759.